The summed E-state index contributed by atoms with van der Waals surface area (Å²) in [4.78, 5) is 42.9. The van der Waals surface area contributed by atoms with Crippen LogP contribution in [0.5, 0.6) is 11.5 Å². The lowest BCUT2D eigenvalue weighted by atomic mass is 10.0. The molecule has 3 aromatic rings. The number of primary amides is 1. The van der Waals surface area contributed by atoms with Crippen molar-refractivity contribution < 1.29 is 32.2 Å². The molecular formula is C24H22Cl2F3N5O5. The molecule has 0 atom stereocenters. The Kier molecular flexibility index (Phi) is 9.30. The van der Waals surface area contributed by atoms with Gasteiger partial charge in [-0.15, -0.1) is 0 Å². The third kappa shape index (κ3) is 7.54. The largest absolute Gasteiger partial charge is 0.497 e. The zero-order valence-corrected chi connectivity index (χ0v) is 22.0. The van der Waals surface area contributed by atoms with Gasteiger partial charge in [0.15, 0.2) is 5.69 Å². The number of methoxy groups -OCH3 is 2. The standard InChI is InChI=1S/C24H22Cl2F3N5O5/c1-38-14-5-4-13(18(9-14)39-2)11-34(23(30)37)33-20(35)10-19-31-21(24(27,28)29)15(22(36)32-19)7-12-3-6-16(25)17(26)8-12/h3-6,8-9H,7,10-11H2,1-2H3,(H2,30,37)(H,33,35)(H,31,32,36). The normalized spacial score (nSPS) is 11.2. The van der Waals surface area contributed by atoms with E-state index in [-0.39, 0.29) is 16.6 Å². The topological polar surface area (TPSA) is 140 Å². The Morgan fingerprint density at radius 1 is 1.10 bits per heavy atom. The van der Waals surface area contributed by atoms with Crippen LogP contribution in [0.25, 0.3) is 0 Å². The Bertz CT molecular complexity index is 1450. The molecule has 208 valence electrons. The fourth-order valence-corrected chi connectivity index (χ4v) is 3.87. The molecule has 0 unspecified atom stereocenters. The Morgan fingerprint density at radius 2 is 1.82 bits per heavy atom. The van der Waals surface area contributed by atoms with Gasteiger partial charge in [-0.1, -0.05) is 29.3 Å². The highest BCUT2D eigenvalue weighted by Crippen LogP contribution is 2.31. The van der Waals surface area contributed by atoms with Crippen molar-refractivity contribution in [2.75, 3.05) is 14.2 Å². The molecule has 15 heteroatoms. The van der Waals surface area contributed by atoms with E-state index in [0.717, 1.165) is 5.01 Å². The number of rotatable bonds is 8. The van der Waals surface area contributed by atoms with E-state index in [1.54, 1.807) is 18.2 Å². The second-order valence-electron chi connectivity index (χ2n) is 8.08. The first-order valence-electron chi connectivity index (χ1n) is 11.0. The lowest BCUT2D eigenvalue weighted by Gasteiger charge is -2.22. The molecule has 39 heavy (non-hydrogen) atoms. The van der Waals surface area contributed by atoms with Gasteiger partial charge in [0, 0.05) is 18.1 Å². The van der Waals surface area contributed by atoms with Crippen molar-refractivity contribution in [2.45, 2.75) is 25.6 Å². The smallest absolute Gasteiger partial charge is 0.433 e. The number of nitrogens with two attached hydrogens (primary N) is 1. The fraction of sp³-hybridized carbons (Fsp3) is 0.250. The summed E-state index contributed by atoms with van der Waals surface area (Å²) < 4.78 is 51.8. The number of amides is 3. The van der Waals surface area contributed by atoms with Crippen LogP contribution in [0.3, 0.4) is 0 Å². The number of H-pyrrole nitrogens is 1. The molecule has 1 aromatic heterocycles. The third-order valence-electron chi connectivity index (χ3n) is 5.37. The van der Waals surface area contributed by atoms with Gasteiger partial charge in [-0.2, -0.15) is 13.2 Å². The number of halogens is 5. The first kappa shape index (κ1) is 29.6. The van der Waals surface area contributed by atoms with Crippen LogP contribution in [0, 0.1) is 0 Å². The van der Waals surface area contributed by atoms with Gasteiger partial charge >= 0.3 is 12.2 Å². The Morgan fingerprint density at radius 3 is 2.41 bits per heavy atom. The molecule has 3 amide bonds. The van der Waals surface area contributed by atoms with Gasteiger partial charge in [-0.3, -0.25) is 15.0 Å². The van der Waals surface area contributed by atoms with Crippen molar-refractivity contribution in [3.05, 3.63) is 85.0 Å². The van der Waals surface area contributed by atoms with Crippen molar-refractivity contribution in [1.82, 2.24) is 20.4 Å². The molecule has 1 heterocycles. The maximum absolute atomic E-state index is 13.8. The maximum Gasteiger partial charge on any atom is 0.433 e. The highest BCUT2D eigenvalue weighted by Gasteiger charge is 2.37. The van der Waals surface area contributed by atoms with Crippen molar-refractivity contribution >= 4 is 35.1 Å². The number of hydrogen-bond acceptors (Lipinski definition) is 6. The van der Waals surface area contributed by atoms with Gasteiger partial charge < -0.3 is 20.2 Å². The fourth-order valence-electron chi connectivity index (χ4n) is 3.55. The van der Waals surface area contributed by atoms with E-state index in [9.17, 15) is 27.6 Å². The van der Waals surface area contributed by atoms with Crippen molar-refractivity contribution in [3.8, 4) is 11.5 Å². The monoisotopic (exact) mass is 587 g/mol. The van der Waals surface area contributed by atoms with Crippen LogP contribution in [-0.4, -0.2) is 41.1 Å². The molecule has 4 N–H and O–H groups in total. The predicted molar refractivity (Wildman–Crippen MR) is 136 cm³/mol. The Balaban J connectivity index is 1.83. The van der Waals surface area contributed by atoms with Crippen LogP contribution in [0.2, 0.25) is 10.0 Å². The van der Waals surface area contributed by atoms with Crippen molar-refractivity contribution in [3.63, 3.8) is 0 Å². The van der Waals surface area contributed by atoms with Gasteiger partial charge in [-0.25, -0.2) is 14.8 Å². The average Bonchev–Trinajstić information content (AvgIpc) is 2.86. The molecular weight excluding hydrogens is 566 g/mol. The molecule has 0 aliphatic carbocycles. The summed E-state index contributed by atoms with van der Waals surface area (Å²) >= 11 is 11.8. The molecule has 0 fully saturated rings. The van der Waals surface area contributed by atoms with Crippen LogP contribution < -0.4 is 26.2 Å². The number of aromatic nitrogens is 2. The molecule has 0 bridgehead atoms. The minimum Gasteiger partial charge on any atom is -0.497 e. The van der Waals surface area contributed by atoms with Crippen molar-refractivity contribution in [1.29, 1.82) is 0 Å². The Hall–Kier alpha value is -3.97. The van der Waals surface area contributed by atoms with E-state index in [4.69, 9.17) is 38.4 Å². The van der Waals surface area contributed by atoms with E-state index in [1.807, 2.05) is 0 Å². The highest BCUT2D eigenvalue weighted by atomic mass is 35.5. The van der Waals surface area contributed by atoms with E-state index in [1.165, 1.54) is 32.4 Å². The number of carbonyl (C=O) groups excluding carboxylic acids is 2. The zero-order chi connectivity index (χ0) is 28.9. The van der Waals surface area contributed by atoms with Crippen LogP contribution in [0.15, 0.2) is 41.2 Å². The van der Waals surface area contributed by atoms with Crippen LogP contribution >= 0.6 is 23.2 Å². The van der Waals surface area contributed by atoms with Gasteiger partial charge in [0.1, 0.15) is 17.3 Å². The number of hydrogen-bond donors (Lipinski definition) is 3. The van der Waals surface area contributed by atoms with E-state index in [2.05, 4.69) is 15.4 Å². The van der Waals surface area contributed by atoms with Gasteiger partial charge in [0.2, 0.25) is 5.91 Å². The minimum absolute atomic E-state index is 0.103. The number of nitrogens with zero attached hydrogens (tertiary/aromatic N) is 2. The average molecular weight is 588 g/mol. The molecule has 10 nitrogen and oxygen atoms in total. The second kappa shape index (κ2) is 12.3. The van der Waals surface area contributed by atoms with Gasteiger partial charge in [0.05, 0.1) is 42.8 Å². The number of carbonyl (C=O) groups is 2. The summed E-state index contributed by atoms with van der Waals surface area (Å²) in [7, 11) is 2.84. The first-order valence-corrected chi connectivity index (χ1v) is 11.8. The third-order valence-corrected chi connectivity index (χ3v) is 6.11. The maximum atomic E-state index is 13.8. The molecule has 0 spiro atoms. The Labute approximate surface area is 229 Å². The van der Waals surface area contributed by atoms with Crippen LogP contribution in [0.4, 0.5) is 18.0 Å². The molecule has 0 saturated heterocycles. The lowest BCUT2D eigenvalue weighted by Crippen LogP contribution is -2.49. The van der Waals surface area contributed by atoms with E-state index >= 15 is 0 Å². The quantitative estimate of drug-likeness (QED) is 0.342. The molecule has 0 aliphatic rings. The molecule has 0 aliphatic heterocycles. The summed E-state index contributed by atoms with van der Waals surface area (Å²) in [5.41, 5.74) is 5.06. The van der Waals surface area contributed by atoms with Gasteiger partial charge in [-0.05, 0) is 29.8 Å². The summed E-state index contributed by atoms with van der Waals surface area (Å²) in [5, 5.41) is 1.03. The van der Waals surface area contributed by atoms with E-state index in [0.29, 0.717) is 22.6 Å². The molecule has 0 radical (unpaired) electrons. The van der Waals surface area contributed by atoms with Crippen molar-refractivity contribution in [2.24, 2.45) is 5.73 Å². The SMILES string of the molecule is COc1ccc(CN(NC(=O)Cc2nc(C(F)(F)F)c(Cc3ccc(Cl)c(Cl)c3)c(=O)[nH]2)C(N)=O)c(OC)c1. The summed E-state index contributed by atoms with van der Waals surface area (Å²) in [5.74, 6) is -0.736. The number of aromatic amines is 1. The van der Waals surface area contributed by atoms with E-state index < -0.39 is 53.6 Å². The summed E-state index contributed by atoms with van der Waals surface area (Å²) in [6, 6.07) is 7.79. The number of benzene rings is 2. The number of ether oxygens (including phenoxy) is 2. The number of nitrogens with one attached hydrogen (secondary N) is 2. The second-order valence-corrected chi connectivity index (χ2v) is 8.89. The molecule has 0 saturated carbocycles. The molecule has 3 rings (SSSR count). The minimum atomic E-state index is -5.00. The lowest BCUT2D eigenvalue weighted by molar-refractivity contribution is -0.142. The number of alkyl halides is 3. The zero-order valence-electron chi connectivity index (χ0n) is 20.5. The number of urea groups is 1. The highest BCUT2D eigenvalue weighted by molar-refractivity contribution is 6.42. The number of hydrazine groups is 1. The van der Waals surface area contributed by atoms with Crippen LogP contribution in [0.1, 0.15) is 28.2 Å². The first-order chi connectivity index (χ1) is 18.3. The van der Waals surface area contributed by atoms with Crippen LogP contribution in [-0.2, 0) is 30.4 Å². The summed E-state index contributed by atoms with van der Waals surface area (Å²) in [6.07, 6.45) is -6.25. The predicted octanol–water partition coefficient (Wildman–Crippen LogP) is 3.86. The summed E-state index contributed by atoms with van der Waals surface area (Å²) in [6.45, 7) is -0.241. The van der Waals surface area contributed by atoms with Gasteiger partial charge in [0.25, 0.3) is 5.56 Å². The molecule has 2 aromatic carbocycles.